The Bertz CT molecular complexity index is 1300. The molecule has 3 aromatic carbocycles. The zero-order chi connectivity index (χ0) is 27.6. The van der Waals surface area contributed by atoms with Gasteiger partial charge in [-0.15, -0.1) is 0 Å². The molecule has 0 spiro atoms. The highest BCUT2D eigenvalue weighted by atomic mass is 16.5. The van der Waals surface area contributed by atoms with Crippen molar-refractivity contribution in [1.82, 2.24) is 4.90 Å². The van der Waals surface area contributed by atoms with E-state index < -0.39 is 0 Å². The van der Waals surface area contributed by atoms with Crippen LogP contribution in [-0.2, 0) is 4.79 Å². The number of nitrogens with zero attached hydrogens (tertiary/aromatic N) is 1. The van der Waals surface area contributed by atoms with Gasteiger partial charge >= 0.3 is 0 Å². The molecule has 0 aliphatic carbocycles. The van der Waals surface area contributed by atoms with Gasteiger partial charge in [0.25, 0.3) is 5.91 Å². The van der Waals surface area contributed by atoms with Crippen molar-refractivity contribution in [3.05, 3.63) is 77.4 Å². The lowest BCUT2D eigenvalue weighted by atomic mass is 10.0. The van der Waals surface area contributed by atoms with Gasteiger partial charge < -0.3 is 29.2 Å². The first-order valence-corrected chi connectivity index (χ1v) is 12.9. The first-order valence-electron chi connectivity index (χ1n) is 12.9. The van der Waals surface area contributed by atoms with Crippen molar-refractivity contribution >= 4 is 29.7 Å². The third-order valence-corrected chi connectivity index (χ3v) is 6.52. The number of amides is 2. The summed E-state index contributed by atoms with van der Waals surface area (Å²) in [5, 5.41) is 2.92. The number of ether oxygens (including phenoxy) is 4. The van der Waals surface area contributed by atoms with E-state index in [-0.39, 0.29) is 11.8 Å². The van der Waals surface area contributed by atoms with Crippen LogP contribution in [0, 0.1) is 0 Å². The summed E-state index contributed by atoms with van der Waals surface area (Å²) >= 11 is 0. The summed E-state index contributed by atoms with van der Waals surface area (Å²) in [7, 11) is 4.68. The van der Waals surface area contributed by atoms with E-state index in [1.807, 2.05) is 41.3 Å². The lowest BCUT2D eigenvalue weighted by Crippen LogP contribution is -2.38. The third-order valence-electron chi connectivity index (χ3n) is 6.52. The van der Waals surface area contributed by atoms with Gasteiger partial charge in [-0.2, -0.15) is 0 Å². The predicted octanol–water partition coefficient (Wildman–Crippen LogP) is 5.53. The van der Waals surface area contributed by atoms with Gasteiger partial charge in [-0.25, -0.2) is 0 Å². The van der Waals surface area contributed by atoms with Crippen LogP contribution in [0.25, 0.3) is 12.2 Å². The monoisotopic (exact) mass is 530 g/mol. The van der Waals surface area contributed by atoms with E-state index in [4.69, 9.17) is 18.9 Å². The summed E-state index contributed by atoms with van der Waals surface area (Å²) in [5.74, 6) is 2.30. The fraction of sp³-hybridized carbons (Fsp3) is 0.290. The molecule has 1 fully saturated rings. The van der Waals surface area contributed by atoms with E-state index in [1.165, 1.54) is 7.11 Å². The quantitative estimate of drug-likeness (QED) is 0.328. The number of nitrogens with one attached hydrogen (secondary N) is 1. The van der Waals surface area contributed by atoms with Crippen LogP contribution < -0.4 is 24.3 Å². The fourth-order valence-electron chi connectivity index (χ4n) is 4.37. The number of likely N-dealkylation sites (tertiary alicyclic amines) is 1. The summed E-state index contributed by atoms with van der Waals surface area (Å²) < 4.78 is 22.0. The molecule has 0 bridgehead atoms. The highest BCUT2D eigenvalue weighted by molar-refractivity contribution is 6.09. The molecule has 39 heavy (non-hydrogen) atoms. The van der Waals surface area contributed by atoms with Crippen LogP contribution in [0.15, 0.2) is 60.7 Å². The molecular weight excluding hydrogens is 496 g/mol. The maximum absolute atomic E-state index is 13.3. The molecule has 8 nitrogen and oxygen atoms in total. The van der Waals surface area contributed by atoms with Crippen molar-refractivity contribution in [3.8, 4) is 23.0 Å². The van der Waals surface area contributed by atoms with Crippen LogP contribution in [0.1, 0.15) is 40.7 Å². The Hall–Kier alpha value is -4.46. The normalized spacial score (nSPS) is 13.3. The molecule has 3 aromatic rings. The second kappa shape index (κ2) is 13.4. The molecule has 204 valence electrons. The molecule has 2 amide bonds. The number of carbonyl (C=O) groups excluding carboxylic acids is 2. The second-order valence-electron chi connectivity index (χ2n) is 9.07. The molecular formula is C31H34N2O6. The third kappa shape index (κ3) is 7.31. The van der Waals surface area contributed by atoms with Gasteiger partial charge in [0.2, 0.25) is 5.91 Å². The molecule has 1 aliphatic heterocycles. The minimum atomic E-state index is -0.310. The van der Waals surface area contributed by atoms with Gasteiger partial charge in [-0.3, -0.25) is 9.59 Å². The Morgan fingerprint density at radius 2 is 1.59 bits per heavy atom. The molecule has 1 N–H and O–H groups in total. The number of carbonyl (C=O) groups is 2. The molecule has 1 heterocycles. The first kappa shape index (κ1) is 27.6. The maximum atomic E-state index is 13.3. The second-order valence-corrected chi connectivity index (χ2v) is 9.07. The Labute approximate surface area is 229 Å². The SMILES string of the molecule is COc1ccc(NC(=O)c2c(/C=C/c3ccc(OCCN4CCCCC4=O)cc3)cc(OC)cc2OC)cc1. The lowest BCUT2D eigenvalue weighted by Gasteiger charge is -2.26. The van der Waals surface area contributed by atoms with Gasteiger partial charge in [0, 0.05) is 24.7 Å². The highest BCUT2D eigenvalue weighted by Gasteiger charge is 2.19. The summed E-state index contributed by atoms with van der Waals surface area (Å²) in [6, 6.07) is 18.2. The van der Waals surface area contributed by atoms with E-state index in [1.54, 1.807) is 50.6 Å². The molecule has 0 radical (unpaired) electrons. The molecule has 0 aromatic heterocycles. The maximum Gasteiger partial charge on any atom is 0.260 e. The van der Waals surface area contributed by atoms with Gasteiger partial charge in [-0.05, 0) is 66.4 Å². The Morgan fingerprint density at radius 3 is 2.26 bits per heavy atom. The minimum Gasteiger partial charge on any atom is -0.497 e. The summed E-state index contributed by atoms with van der Waals surface area (Å²) in [6.07, 6.45) is 6.42. The molecule has 0 unspecified atom stereocenters. The van der Waals surface area contributed by atoms with E-state index >= 15 is 0 Å². The Balaban J connectivity index is 1.47. The number of methoxy groups -OCH3 is 3. The predicted molar refractivity (Wildman–Crippen MR) is 152 cm³/mol. The van der Waals surface area contributed by atoms with Gasteiger partial charge in [0.15, 0.2) is 0 Å². The van der Waals surface area contributed by atoms with Crippen molar-refractivity contribution in [3.63, 3.8) is 0 Å². The van der Waals surface area contributed by atoms with Crippen molar-refractivity contribution < 1.29 is 28.5 Å². The number of piperidine rings is 1. The van der Waals surface area contributed by atoms with E-state index in [0.29, 0.717) is 53.6 Å². The summed E-state index contributed by atoms with van der Waals surface area (Å²) in [4.78, 5) is 27.1. The van der Waals surface area contributed by atoms with Gasteiger partial charge in [-0.1, -0.05) is 24.3 Å². The van der Waals surface area contributed by atoms with Crippen LogP contribution in [-0.4, -0.2) is 57.7 Å². The fourth-order valence-corrected chi connectivity index (χ4v) is 4.37. The number of anilines is 1. The summed E-state index contributed by atoms with van der Waals surface area (Å²) in [5.41, 5.74) is 2.59. The molecule has 1 aliphatic rings. The van der Waals surface area contributed by atoms with Crippen molar-refractivity contribution in [2.24, 2.45) is 0 Å². The zero-order valence-electron chi connectivity index (χ0n) is 22.6. The minimum absolute atomic E-state index is 0.205. The number of rotatable bonds is 11. The lowest BCUT2D eigenvalue weighted by molar-refractivity contribution is -0.133. The van der Waals surface area contributed by atoms with Crippen LogP contribution >= 0.6 is 0 Å². The molecule has 0 atom stereocenters. The Morgan fingerprint density at radius 1 is 0.872 bits per heavy atom. The summed E-state index contributed by atoms with van der Waals surface area (Å²) in [6.45, 7) is 1.86. The van der Waals surface area contributed by atoms with Crippen LogP contribution in [0.4, 0.5) is 5.69 Å². The van der Waals surface area contributed by atoms with Gasteiger partial charge in [0.05, 0.1) is 33.4 Å². The van der Waals surface area contributed by atoms with Crippen LogP contribution in [0.5, 0.6) is 23.0 Å². The average molecular weight is 531 g/mol. The smallest absolute Gasteiger partial charge is 0.260 e. The number of hydrogen-bond acceptors (Lipinski definition) is 6. The molecule has 4 rings (SSSR count). The van der Waals surface area contributed by atoms with Crippen molar-refractivity contribution in [2.75, 3.05) is 46.3 Å². The van der Waals surface area contributed by atoms with Crippen LogP contribution in [0.3, 0.4) is 0 Å². The van der Waals surface area contributed by atoms with Crippen molar-refractivity contribution in [2.45, 2.75) is 19.3 Å². The Kier molecular flexibility index (Phi) is 9.45. The molecule has 0 saturated carbocycles. The highest BCUT2D eigenvalue weighted by Crippen LogP contribution is 2.31. The van der Waals surface area contributed by atoms with E-state index in [0.717, 1.165) is 30.7 Å². The van der Waals surface area contributed by atoms with E-state index in [2.05, 4.69) is 5.32 Å². The van der Waals surface area contributed by atoms with Crippen molar-refractivity contribution in [1.29, 1.82) is 0 Å². The standard InChI is InChI=1S/C31H34N2O6/c1-36-25-15-11-24(12-16-25)32-31(35)30-23(20-27(37-2)21-28(30)38-3)10-7-22-8-13-26(14-9-22)39-19-18-33-17-5-4-6-29(33)34/h7-16,20-21H,4-6,17-19H2,1-3H3,(H,32,35)/b10-7+. The largest absolute Gasteiger partial charge is 0.497 e. The molecule has 1 saturated heterocycles. The van der Waals surface area contributed by atoms with E-state index in [9.17, 15) is 9.59 Å². The van der Waals surface area contributed by atoms with Gasteiger partial charge in [0.1, 0.15) is 29.6 Å². The first-order chi connectivity index (χ1) is 19.0. The zero-order valence-corrected chi connectivity index (χ0v) is 22.6. The number of hydrogen-bond donors (Lipinski definition) is 1. The van der Waals surface area contributed by atoms with Crippen LogP contribution in [0.2, 0.25) is 0 Å². The average Bonchev–Trinajstić information content (AvgIpc) is 2.97. The number of benzene rings is 3. The topological polar surface area (TPSA) is 86.3 Å². The molecule has 8 heteroatoms.